The van der Waals surface area contributed by atoms with E-state index >= 15 is 0 Å². The third-order valence-electron chi connectivity index (χ3n) is 1.72. The molecule has 0 aliphatic rings. The summed E-state index contributed by atoms with van der Waals surface area (Å²) < 4.78 is 4.91. The van der Waals surface area contributed by atoms with Crippen LogP contribution in [0.25, 0.3) is 0 Å². The highest BCUT2D eigenvalue weighted by Crippen LogP contribution is 1.98. The summed E-state index contributed by atoms with van der Waals surface area (Å²) in [4.78, 5) is 11.4. The summed E-state index contributed by atoms with van der Waals surface area (Å²) in [5.74, 6) is -0.116. The van der Waals surface area contributed by atoms with Gasteiger partial charge in [0.15, 0.2) is 0 Å². The summed E-state index contributed by atoms with van der Waals surface area (Å²) in [6, 6.07) is 9.05. The quantitative estimate of drug-likeness (QED) is 0.712. The minimum Gasteiger partial charge on any atom is -0.362 e. The average Bonchev–Trinajstić information content (AvgIpc) is 2.19. The Balaban J connectivity index is 2.59. The second-order valence-electron chi connectivity index (χ2n) is 2.72. The number of hydrogen-bond acceptors (Lipinski definition) is 2. The van der Waals surface area contributed by atoms with Gasteiger partial charge in [0, 0.05) is 12.7 Å². The first-order chi connectivity index (χ1) is 6.24. The fourth-order valence-electron chi connectivity index (χ4n) is 0.916. The average molecular weight is 179 g/mol. The molecule has 3 nitrogen and oxygen atoms in total. The molecule has 0 saturated heterocycles. The summed E-state index contributed by atoms with van der Waals surface area (Å²) in [7, 11) is 1.55. The van der Waals surface area contributed by atoms with Crippen molar-refractivity contribution in [3.8, 4) is 0 Å². The molecule has 70 valence electrons. The fraction of sp³-hybridized carbons (Fsp3) is 0.300. The molecule has 0 aliphatic carbocycles. The maximum Gasteiger partial charge on any atom is 0.253 e. The third-order valence-corrected chi connectivity index (χ3v) is 1.72. The van der Waals surface area contributed by atoms with Crippen molar-refractivity contribution in [3.63, 3.8) is 0 Å². The number of benzene rings is 1. The molecule has 1 aromatic carbocycles. The van der Waals surface area contributed by atoms with E-state index in [2.05, 4.69) is 5.32 Å². The van der Waals surface area contributed by atoms with Gasteiger partial charge in [0.05, 0.1) is 0 Å². The molecule has 0 bridgehead atoms. The molecule has 0 fully saturated rings. The van der Waals surface area contributed by atoms with E-state index in [0.29, 0.717) is 5.56 Å². The lowest BCUT2D eigenvalue weighted by Gasteiger charge is -2.11. The molecule has 0 unspecified atom stereocenters. The van der Waals surface area contributed by atoms with Crippen LogP contribution in [0.1, 0.15) is 17.3 Å². The molecule has 1 amide bonds. The van der Waals surface area contributed by atoms with Crippen LogP contribution in [-0.4, -0.2) is 19.2 Å². The fourth-order valence-corrected chi connectivity index (χ4v) is 0.916. The summed E-state index contributed by atoms with van der Waals surface area (Å²) >= 11 is 0. The van der Waals surface area contributed by atoms with Crippen LogP contribution >= 0.6 is 0 Å². The Bertz CT molecular complexity index is 272. The number of hydrogen-bond donors (Lipinski definition) is 1. The molecule has 0 spiro atoms. The maximum atomic E-state index is 11.4. The van der Waals surface area contributed by atoms with E-state index in [1.807, 2.05) is 18.2 Å². The number of nitrogens with one attached hydrogen (secondary N) is 1. The molecule has 0 aliphatic heterocycles. The van der Waals surface area contributed by atoms with Crippen molar-refractivity contribution in [1.29, 1.82) is 0 Å². The van der Waals surface area contributed by atoms with Gasteiger partial charge in [0.1, 0.15) is 6.23 Å². The lowest BCUT2D eigenvalue weighted by atomic mass is 10.2. The Labute approximate surface area is 77.7 Å². The van der Waals surface area contributed by atoms with Crippen molar-refractivity contribution >= 4 is 5.91 Å². The van der Waals surface area contributed by atoms with Gasteiger partial charge in [-0.15, -0.1) is 0 Å². The van der Waals surface area contributed by atoms with Gasteiger partial charge in [-0.25, -0.2) is 0 Å². The minimum atomic E-state index is -0.257. The van der Waals surface area contributed by atoms with E-state index in [1.165, 1.54) is 0 Å². The zero-order valence-corrected chi connectivity index (χ0v) is 7.78. The Kier molecular flexibility index (Phi) is 3.46. The molecule has 1 N–H and O–H groups in total. The van der Waals surface area contributed by atoms with Crippen LogP contribution in [0.3, 0.4) is 0 Å². The first-order valence-electron chi connectivity index (χ1n) is 4.12. The first-order valence-corrected chi connectivity index (χ1v) is 4.12. The van der Waals surface area contributed by atoms with Gasteiger partial charge in [-0.05, 0) is 19.1 Å². The third kappa shape index (κ3) is 2.87. The highest BCUT2D eigenvalue weighted by molar-refractivity contribution is 5.94. The number of amides is 1. The molecule has 0 saturated carbocycles. The molecule has 1 rings (SSSR count). The molecule has 0 aromatic heterocycles. The van der Waals surface area contributed by atoms with E-state index in [4.69, 9.17) is 4.74 Å². The number of carbonyl (C=O) groups excluding carboxylic acids is 1. The number of ether oxygens (including phenoxy) is 1. The van der Waals surface area contributed by atoms with Gasteiger partial charge in [0.2, 0.25) is 0 Å². The second-order valence-corrected chi connectivity index (χ2v) is 2.72. The Morgan fingerprint density at radius 3 is 2.54 bits per heavy atom. The highest BCUT2D eigenvalue weighted by atomic mass is 16.5. The zero-order valence-electron chi connectivity index (χ0n) is 7.78. The van der Waals surface area contributed by atoms with Crippen LogP contribution in [-0.2, 0) is 4.74 Å². The van der Waals surface area contributed by atoms with Crippen molar-refractivity contribution in [2.75, 3.05) is 7.11 Å². The van der Waals surface area contributed by atoms with Crippen LogP contribution < -0.4 is 5.32 Å². The maximum absolute atomic E-state index is 11.4. The lowest BCUT2D eigenvalue weighted by Crippen LogP contribution is -2.33. The van der Waals surface area contributed by atoms with Crippen LogP contribution in [0.2, 0.25) is 0 Å². The molecular formula is C10H13NO2. The molecular weight excluding hydrogens is 166 g/mol. The second kappa shape index (κ2) is 4.62. The van der Waals surface area contributed by atoms with Crippen molar-refractivity contribution in [1.82, 2.24) is 5.32 Å². The van der Waals surface area contributed by atoms with Crippen molar-refractivity contribution in [2.45, 2.75) is 13.2 Å². The summed E-state index contributed by atoms with van der Waals surface area (Å²) in [6.45, 7) is 1.78. The summed E-state index contributed by atoms with van der Waals surface area (Å²) in [6.07, 6.45) is -0.257. The zero-order chi connectivity index (χ0) is 9.68. The smallest absolute Gasteiger partial charge is 0.253 e. The van der Waals surface area contributed by atoms with Gasteiger partial charge in [-0.1, -0.05) is 18.2 Å². The summed E-state index contributed by atoms with van der Waals surface area (Å²) in [5.41, 5.74) is 0.645. The normalized spacial score (nSPS) is 12.2. The van der Waals surface area contributed by atoms with Crippen molar-refractivity contribution in [3.05, 3.63) is 35.9 Å². The van der Waals surface area contributed by atoms with Crippen molar-refractivity contribution < 1.29 is 9.53 Å². The lowest BCUT2D eigenvalue weighted by molar-refractivity contribution is 0.0658. The van der Waals surface area contributed by atoms with E-state index in [0.717, 1.165) is 0 Å². The number of methoxy groups -OCH3 is 1. The van der Waals surface area contributed by atoms with Gasteiger partial charge < -0.3 is 10.1 Å². The SMILES string of the molecule is CO[C@@H](C)NC(=O)c1ccccc1. The van der Waals surface area contributed by atoms with Crippen LogP contribution in [0.4, 0.5) is 0 Å². The van der Waals surface area contributed by atoms with E-state index < -0.39 is 0 Å². The first kappa shape index (κ1) is 9.74. The minimum absolute atomic E-state index is 0.116. The Morgan fingerprint density at radius 1 is 1.38 bits per heavy atom. The van der Waals surface area contributed by atoms with Gasteiger partial charge in [-0.3, -0.25) is 4.79 Å². The Hall–Kier alpha value is -1.35. The number of carbonyl (C=O) groups is 1. The Morgan fingerprint density at radius 2 is 2.00 bits per heavy atom. The largest absolute Gasteiger partial charge is 0.362 e. The van der Waals surface area contributed by atoms with Crippen molar-refractivity contribution in [2.24, 2.45) is 0 Å². The summed E-state index contributed by atoms with van der Waals surface area (Å²) in [5, 5.41) is 2.68. The predicted octanol–water partition coefficient (Wildman–Crippen LogP) is 1.41. The van der Waals surface area contributed by atoms with Gasteiger partial charge in [0.25, 0.3) is 5.91 Å². The van der Waals surface area contributed by atoms with E-state index in [1.54, 1.807) is 26.2 Å². The van der Waals surface area contributed by atoms with Gasteiger partial charge in [-0.2, -0.15) is 0 Å². The van der Waals surface area contributed by atoms with Crippen LogP contribution in [0.5, 0.6) is 0 Å². The molecule has 13 heavy (non-hydrogen) atoms. The monoisotopic (exact) mass is 179 g/mol. The predicted molar refractivity (Wildman–Crippen MR) is 50.4 cm³/mol. The molecule has 3 heteroatoms. The standard InChI is InChI=1S/C10H13NO2/c1-8(13-2)11-10(12)9-6-4-3-5-7-9/h3-8H,1-2H3,(H,11,12)/t8-/m0/s1. The van der Waals surface area contributed by atoms with Gasteiger partial charge >= 0.3 is 0 Å². The van der Waals surface area contributed by atoms with Crippen LogP contribution in [0.15, 0.2) is 30.3 Å². The molecule has 1 aromatic rings. The highest BCUT2D eigenvalue weighted by Gasteiger charge is 2.06. The number of rotatable bonds is 3. The van der Waals surface area contributed by atoms with Crippen LogP contribution in [0, 0.1) is 0 Å². The molecule has 0 radical (unpaired) electrons. The van der Waals surface area contributed by atoms with E-state index in [-0.39, 0.29) is 12.1 Å². The molecule has 1 atom stereocenters. The van der Waals surface area contributed by atoms with E-state index in [9.17, 15) is 4.79 Å². The molecule has 0 heterocycles. The topological polar surface area (TPSA) is 38.3 Å².